The van der Waals surface area contributed by atoms with Crippen molar-refractivity contribution in [2.75, 3.05) is 18.5 Å². The van der Waals surface area contributed by atoms with Crippen LogP contribution in [0.5, 0.6) is 0 Å². The van der Waals surface area contributed by atoms with Crippen molar-refractivity contribution in [1.82, 2.24) is 15.2 Å². The number of esters is 1. The lowest BCUT2D eigenvalue weighted by Gasteiger charge is -2.07. The fraction of sp³-hybridized carbons (Fsp3) is 0.500. The quantitative estimate of drug-likeness (QED) is 0.410. The molecule has 1 atom stereocenters. The first-order valence-electron chi connectivity index (χ1n) is 8.03. The number of hydrogen-bond acceptors (Lipinski definition) is 8. The number of ketones is 1. The van der Waals surface area contributed by atoms with Gasteiger partial charge in [-0.15, -0.1) is 10.2 Å². The number of rotatable bonds is 8. The number of aryl methyl sites for hydroxylation is 1. The summed E-state index contributed by atoms with van der Waals surface area (Å²) in [5.41, 5.74) is 2.14. The lowest BCUT2D eigenvalue weighted by Crippen LogP contribution is -2.15. The highest BCUT2D eigenvalue weighted by Crippen LogP contribution is 2.31. The minimum atomic E-state index is -0.410. The summed E-state index contributed by atoms with van der Waals surface area (Å²) < 4.78 is 5.79. The number of nitrogens with one attached hydrogen (secondary N) is 2. The molecule has 2 aromatic rings. The molecule has 0 saturated carbocycles. The van der Waals surface area contributed by atoms with Crippen LogP contribution in [0.1, 0.15) is 52.9 Å². The second-order valence-corrected chi connectivity index (χ2v) is 7.94. The number of aromatic amines is 1. The van der Waals surface area contributed by atoms with Crippen LogP contribution in [0, 0.1) is 13.8 Å². The van der Waals surface area contributed by atoms with Crippen molar-refractivity contribution < 1.29 is 14.3 Å². The number of anilines is 1. The Hall–Kier alpha value is -1.87. The van der Waals surface area contributed by atoms with Crippen LogP contribution in [-0.4, -0.2) is 45.3 Å². The van der Waals surface area contributed by atoms with E-state index in [9.17, 15) is 9.59 Å². The first kappa shape index (κ1) is 19.5. The van der Waals surface area contributed by atoms with E-state index in [1.165, 1.54) is 23.1 Å². The second-order valence-electron chi connectivity index (χ2n) is 5.37. The average Bonchev–Trinajstić information content (AvgIpc) is 3.11. The lowest BCUT2D eigenvalue weighted by atomic mass is 10.1. The van der Waals surface area contributed by atoms with E-state index in [-0.39, 0.29) is 11.0 Å². The van der Waals surface area contributed by atoms with Gasteiger partial charge in [0.25, 0.3) is 0 Å². The highest BCUT2D eigenvalue weighted by Gasteiger charge is 2.26. The third kappa shape index (κ3) is 4.40. The Morgan fingerprint density at radius 3 is 2.68 bits per heavy atom. The number of hydrogen-bond donors (Lipinski definition) is 2. The maximum Gasteiger partial charge on any atom is 0.340 e. The molecule has 0 radical (unpaired) electrons. The zero-order valence-corrected chi connectivity index (χ0v) is 16.6. The number of H-pyrrole nitrogens is 1. The molecule has 0 saturated heterocycles. The van der Waals surface area contributed by atoms with E-state index in [0.717, 1.165) is 16.0 Å². The summed E-state index contributed by atoms with van der Waals surface area (Å²) in [6.45, 7) is 10.1. The Bertz CT molecular complexity index is 770. The number of Topliss-reactive ketones (excluding diaryl/α,β-unsaturated/α-hetero) is 1. The number of thioether (sulfide) groups is 1. The summed E-state index contributed by atoms with van der Waals surface area (Å²) in [7, 11) is 0. The highest BCUT2D eigenvalue weighted by atomic mass is 32.2. The zero-order valence-electron chi connectivity index (χ0n) is 14.9. The fourth-order valence-electron chi connectivity index (χ4n) is 2.39. The molecule has 2 aromatic heterocycles. The molecule has 2 rings (SSSR count). The van der Waals surface area contributed by atoms with Crippen molar-refractivity contribution in [3.8, 4) is 0 Å². The third-order valence-electron chi connectivity index (χ3n) is 3.54. The van der Waals surface area contributed by atoms with Crippen LogP contribution >= 0.6 is 23.1 Å². The minimum absolute atomic E-state index is 0.0821. The van der Waals surface area contributed by atoms with E-state index in [4.69, 9.17) is 4.74 Å². The largest absolute Gasteiger partial charge is 0.462 e. The second kappa shape index (κ2) is 8.48. The average molecular weight is 383 g/mol. The summed E-state index contributed by atoms with van der Waals surface area (Å²) in [5.74, 6) is -0.492. The summed E-state index contributed by atoms with van der Waals surface area (Å²) in [5, 5.41) is 11.6. The van der Waals surface area contributed by atoms with E-state index >= 15 is 0 Å². The molecule has 9 heteroatoms. The third-order valence-corrected chi connectivity index (χ3v) is 5.61. The van der Waals surface area contributed by atoms with Crippen molar-refractivity contribution in [3.05, 3.63) is 22.5 Å². The minimum Gasteiger partial charge on any atom is -0.462 e. The molecule has 0 aliphatic rings. The Morgan fingerprint density at radius 1 is 1.32 bits per heavy atom. The molecular formula is C16H22N4O3S2. The summed E-state index contributed by atoms with van der Waals surface area (Å²) >= 11 is 2.77. The number of ether oxygens (including phenoxy) is 1. The van der Waals surface area contributed by atoms with Crippen molar-refractivity contribution in [2.45, 2.75) is 44.2 Å². The van der Waals surface area contributed by atoms with Crippen LogP contribution in [-0.2, 0) is 4.74 Å². The monoisotopic (exact) mass is 382 g/mol. The van der Waals surface area contributed by atoms with E-state index in [2.05, 4.69) is 20.5 Å². The molecule has 7 nitrogen and oxygen atoms in total. The fourth-order valence-corrected chi connectivity index (χ4v) is 4.42. The Morgan fingerprint density at radius 2 is 2.04 bits per heavy atom. The smallest absolute Gasteiger partial charge is 0.340 e. The molecule has 2 heterocycles. The number of carbonyl (C=O) groups excluding carboxylic acids is 2. The standard InChI is InChI=1S/C16H22N4O3S2/c1-6-17-15-19-20-16(25-15)24-10(5)13(21)12-8(3)11(9(4)18-12)14(22)23-7-2/h10,18H,6-7H2,1-5H3,(H,17,19)/t10-/m0/s1. The Kier molecular flexibility index (Phi) is 6.60. The van der Waals surface area contributed by atoms with Crippen LogP contribution < -0.4 is 5.32 Å². The maximum atomic E-state index is 12.8. The zero-order chi connectivity index (χ0) is 18.6. The molecule has 0 amide bonds. The van der Waals surface area contributed by atoms with E-state index < -0.39 is 5.97 Å². The SMILES string of the molecule is CCNc1nnc(S[C@@H](C)C(=O)c2[nH]c(C)c(C(=O)OCC)c2C)s1. The van der Waals surface area contributed by atoms with Gasteiger partial charge in [0, 0.05) is 12.2 Å². The molecule has 0 aliphatic carbocycles. The van der Waals surface area contributed by atoms with Gasteiger partial charge in [-0.2, -0.15) is 0 Å². The summed E-state index contributed by atoms with van der Waals surface area (Å²) in [4.78, 5) is 27.9. The lowest BCUT2D eigenvalue weighted by molar-refractivity contribution is 0.0525. The number of aromatic nitrogens is 3. The summed E-state index contributed by atoms with van der Waals surface area (Å²) in [6, 6.07) is 0. The molecule has 0 unspecified atom stereocenters. The maximum absolute atomic E-state index is 12.8. The van der Waals surface area contributed by atoms with Crippen LogP contribution in [0.4, 0.5) is 5.13 Å². The van der Waals surface area contributed by atoms with Crippen molar-refractivity contribution in [3.63, 3.8) is 0 Å². The molecule has 0 bridgehead atoms. The Balaban J connectivity index is 2.16. The molecule has 136 valence electrons. The van der Waals surface area contributed by atoms with E-state index in [0.29, 0.717) is 29.1 Å². The van der Waals surface area contributed by atoms with Gasteiger partial charge in [0.2, 0.25) is 5.13 Å². The van der Waals surface area contributed by atoms with Gasteiger partial charge in [0.1, 0.15) is 0 Å². The van der Waals surface area contributed by atoms with E-state index in [1.54, 1.807) is 20.8 Å². The Labute approximate surface area is 155 Å². The first-order chi connectivity index (χ1) is 11.9. The molecule has 25 heavy (non-hydrogen) atoms. The van der Waals surface area contributed by atoms with Gasteiger partial charge >= 0.3 is 5.97 Å². The molecular weight excluding hydrogens is 360 g/mol. The summed E-state index contributed by atoms with van der Waals surface area (Å²) in [6.07, 6.45) is 0. The normalized spacial score (nSPS) is 12.0. The van der Waals surface area contributed by atoms with Crippen molar-refractivity contribution in [1.29, 1.82) is 0 Å². The predicted octanol–water partition coefficient (Wildman–Crippen LogP) is 3.46. The molecule has 0 spiro atoms. The van der Waals surface area contributed by atoms with Crippen LogP contribution in [0.2, 0.25) is 0 Å². The number of nitrogens with zero attached hydrogens (tertiary/aromatic N) is 2. The van der Waals surface area contributed by atoms with Crippen LogP contribution in [0.15, 0.2) is 4.34 Å². The van der Waals surface area contributed by atoms with Gasteiger partial charge in [-0.25, -0.2) is 4.79 Å². The predicted molar refractivity (Wildman–Crippen MR) is 99.9 cm³/mol. The number of carbonyl (C=O) groups is 2. The topological polar surface area (TPSA) is 97.0 Å². The molecule has 2 N–H and O–H groups in total. The first-order valence-corrected chi connectivity index (χ1v) is 9.73. The van der Waals surface area contributed by atoms with E-state index in [1.807, 2.05) is 13.8 Å². The van der Waals surface area contributed by atoms with Gasteiger partial charge in [-0.3, -0.25) is 4.79 Å². The van der Waals surface area contributed by atoms with Crippen LogP contribution in [0.25, 0.3) is 0 Å². The van der Waals surface area contributed by atoms with Gasteiger partial charge < -0.3 is 15.0 Å². The van der Waals surface area contributed by atoms with Gasteiger partial charge in [0.15, 0.2) is 10.1 Å². The highest BCUT2D eigenvalue weighted by molar-refractivity contribution is 8.02. The van der Waals surface area contributed by atoms with Gasteiger partial charge in [-0.1, -0.05) is 23.1 Å². The van der Waals surface area contributed by atoms with Crippen LogP contribution in [0.3, 0.4) is 0 Å². The molecule has 0 fully saturated rings. The molecule has 0 aliphatic heterocycles. The molecule has 0 aromatic carbocycles. The van der Waals surface area contributed by atoms with Crippen molar-refractivity contribution >= 4 is 40.0 Å². The van der Waals surface area contributed by atoms with Gasteiger partial charge in [-0.05, 0) is 40.2 Å². The van der Waals surface area contributed by atoms with Gasteiger partial charge in [0.05, 0.1) is 23.1 Å². The van der Waals surface area contributed by atoms with Crippen molar-refractivity contribution in [2.24, 2.45) is 0 Å².